The summed E-state index contributed by atoms with van der Waals surface area (Å²) in [4.78, 5) is 32.2. The summed E-state index contributed by atoms with van der Waals surface area (Å²) in [5, 5.41) is 12.6. The monoisotopic (exact) mass is 551 g/mol. The molecule has 40 heavy (non-hydrogen) atoms. The molecule has 6 nitrogen and oxygen atoms in total. The first-order chi connectivity index (χ1) is 19.5. The number of amides is 1. The van der Waals surface area contributed by atoms with Gasteiger partial charge >= 0.3 is 5.97 Å². The van der Waals surface area contributed by atoms with E-state index in [4.69, 9.17) is 10.1 Å². The van der Waals surface area contributed by atoms with Crippen LogP contribution in [0.2, 0.25) is 0 Å². The lowest BCUT2D eigenvalue weighted by Crippen LogP contribution is -2.38. The maximum Gasteiger partial charge on any atom is 0.305 e. The Labute approximate surface area is 238 Å². The summed E-state index contributed by atoms with van der Waals surface area (Å²) in [6, 6.07) is 29.1. The summed E-state index contributed by atoms with van der Waals surface area (Å²) >= 11 is 1.77. The summed E-state index contributed by atoms with van der Waals surface area (Å²) in [6.45, 7) is 0.843. The van der Waals surface area contributed by atoms with Gasteiger partial charge in [-0.3, -0.25) is 9.59 Å². The second-order valence-corrected chi connectivity index (χ2v) is 11.9. The molecular formula is C33H33N3O3S. The van der Waals surface area contributed by atoms with E-state index in [0.29, 0.717) is 17.5 Å². The summed E-state index contributed by atoms with van der Waals surface area (Å²) in [5.41, 5.74) is 4.98. The topological polar surface area (TPSA) is 82.5 Å². The SMILES string of the molecule is O=C(O)CCNC(=O)c1ccc(CN(c2nc(-c3ccccc3)c(-c3ccccc3)s2)C2C[C@H]3CC[C@@H]2C3)cc1. The van der Waals surface area contributed by atoms with E-state index in [0.717, 1.165) is 34.4 Å². The number of rotatable bonds is 10. The number of anilines is 1. The van der Waals surface area contributed by atoms with Crippen LogP contribution in [0.5, 0.6) is 0 Å². The lowest BCUT2D eigenvalue weighted by molar-refractivity contribution is -0.136. The smallest absolute Gasteiger partial charge is 0.305 e. The van der Waals surface area contributed by atoms with Crippen LogP contribution in [-0.2, 0) is 11.3 Å². The number of aliphatic carboxylic acids is 1. The molecule has 1 aromatic heterocycles. The first-order valence-corrected chi connectivity index (χ1v) is 14.8. The van der Waals surface area contributed by atoms with Crippen molar-refractivity contribution in [1.82, 2.24) is 10.3 Å². The molecule has 0 spiro atoms. The van der Waals surface area contributed by atoms with Gasteiger partial charge in [-0.1, -0.05) is 90.6 Å². The number of fused-ring (bicyclic) bond motifs is 2. The van der Waals surface area contributed by atoms with Crippen molar-refractivity contribution in [2.45, 2.75) is 44.7 Å². The van der Waals surface area contributed by atoms with E-state index in [-0.39, 0.29) is 18.9 Å². The van der Waals surface area contributed by atoms with E-state index in [2.05, 4.69) is 58.7 Å². The quantitative estimate of drug-likeness (QED) is 0.225. The number of carboxylic acids is 1. The highest BCUT2D eigenvalue weighted by Gasteiger charge is 2.43. The number of nitrogens with zero attached hydrogens (tertiary/aromatic N) is 2. The fourth-order valence-corrected chi connectivity index (χ4v) is 7.42. The zero-order valence-electron chi connectivity index (χ0n) is 22.3. The largest absolute Gasteiger partial charge is 0.481 e. The van der Waals surface area contributed by atoms with Crippen molar-refractivity contribution in [3.8, 4) is 21.7 Å². The van der Waals surface area contributed by atoms with E-state index < -0.39 is 5.97 Å². The molecule has 1 heterocycles. The van der Waals surface area contributed by atoms with Crippen molar-refractivity contribution in [2.75, 3.05) is 11.4 Å². The molecule has 1 unspecified atom stereocenters. The number of thiazole rings is 1. The molecule has 2 aliphatic rings. The van der Waals surface area contributed by atoms with Gasteiger partial charge in [0.15, 0.2) is 5.13 Å². The number of nitrogens with one attached hydrogen (secondary N) is 1. The fraction of sp³-hybridized carbons (Fsp3) is 0.303. The van der Waals surface area contributed by atoms with Gasteiger partial charge in [-0.05, 0) is 54.4 Å². The Balaban J connectivity index is 1.31. The predicted octanol–water partition coefficient (Wildman–Crippen LogP) is 6.88. The Bertz CT molecular complexity index is 1410. The number of aromatic nitrogens is 1. The van der Waals surface area contributed by atoms with Gasteiger partial charge in [0, 0.05) is 30.3 Å². The van der Waals surface area contributed by atoms with Crippen molar-refractivity contribution < 1.29 is 14.7 Å². The Morgan fingerprint density at radius 3 is 2.23 bits per heavy atom. The molecule has 204 valence electrons. The molecule has 6 rings (SSSR count). The van der Waals surface area contributed by atoms with Crippen LogP contribution in [0.4, 0.5) is 5.13 Å². The highest BCUT2D eigenvalue weighted by atomic mass is 32.1. The second-order valence-electron chi connectivity index (χ2n) is 10.9. The Hall–Kier alpha value is -3.97. The molecule has 2 bridgehead atoms. The summed E-state index contributed by atoms with van der Waals surface area (Å²) in [5.74, 6) is 0.312. The molecule has 2 saturated carbocycles. The maximum atomic E-state index is 12.5. The van der Waals surface area contributed by atoms with Crippen molar-refractivity contribution >= 4 is 28.3 Å². The molecule has 0 saturated heterocycles. The van der Waals surface area contributed by atoms with Crippen molar-refractivity contribution in [1.29, 1.82) is 0 Å². The number of hydrogen-bond acceptors (Lipinski definition) is 5. The first kappa shape index (κ1) is 26.3. The molecule has 3 aromatic carbocycles. The number of carbonyl (C=O) groups excluding carboxylic acids is 1. The minimum absolute atomic E-state index is 0.0912. The van der Waals surface area contributed by atoms with Crippen molar-refractivity contribution in [2.24, 2.45) is 11.8 Å². The number of carbonyl (C=O) groups is 2. The maximum absolute atomic E-state index is 12.5. The summed E-state index contributed by atoms with van der Waals surface area (Å²) in [7, 11) is 0. The van der Waals surface area contributed by atoms with Gasteiger partial charge in [0.25, 0.3) is 5.91 Å². The Morgan fingerprint density at radius 1 is 0.900 bits per heavy atom. The number of benzene rings is 3. The van der Waals surface area contributed by atoms with E-state index in [1.165, 1.54) is 36.1 Å². The van der Waals surface area contributed by atoms with E-state index >= 15 is 0 Å². The normalized spacial score (nSPS) is 19.4. The number of carboxylic acid groups (broad SMARTS) is 1. The van der Waals surface area contributed by atoms with Gasteiger partial charge in [0.1, 0.15) is 0 Å². The first-order valence-electron chi connectivity index (χ1n) is 14.0. The average molecular weight is 552 g/mol. The van der Waals surface area contributed by atoms with Crippen LogP contribution < -0.4 is 10.2 Å². The van der Waals surface area contributed by atoms with E-state index in [9.17, 15) is 9.59 Å². The van der Waals surface area contributed by atoms with Crippen LogP contribution in [0, 0.1) is 11.8 Å². The molecule has 2 N–H and O–H groups in total. The van der Waals surface area contributed by atoms with Crippen LogP contribution in [0.3, 0.4) is 0 Å². The van der Waals surface area contributed by atoms with Gasteiger partial charge in [0.2, 0.25) is 0 Å². The van der Waals surface area contributed by atoms with Crippen LogP contribution in [0.25, 0.3) is 21.7 Å². The fourth-order valence-electron chi connectivity index (χ4n) is 6.27. The highest BCUT2D eigenvalue weighted by Crippen LogP contribution is 2.49. The van der Waals surface area contributed by atoms with Gasteiger partial charge in [-0.25, -0.2) is 4.98 Å². The lowest BCUT2D eigenvalue weighted by atomic mass is 9.94. The van der Waals surface area contributed by atoms with Crippen LogP contribution in [0.1, 0.15) is 48.0 Å². The molecular weight excluding hydrogens is 518 g/mol. The van der Waals surface area contributed by atoms with Crippen molar-refractivity contribution in [3.63, 3.8) is 0 Å². The standard InChI is InChI=1S/C33H33N3O3S/c37-29(38)17-18-34-32(39)26-14-11-22(12-15-26)21-36(28-20-23-13-16-27(28)19-23)33-35-30(24-7-3-1-4-8-24)31(40-33)25-9-5-2-6-10-25/h1-12,14-15,23,27-28H,13,16-21H2,(H,34,39)(H,37,38)/t23-,27+,28?/m0/s1. The molecule has 1 amide bonds. The van der Waals surface area contributed by atoms with Crippen LogP contribution in [-0.4, -0.2) is 34.6 Å². The molecule has 2 fully saturated rings. The highest BCUT2D eigenvalue weighted by molar-refractivity contribution is 7.19. The molecule has 2 aliphatic carbocycles. The van der Waals surface area contributed by atoms with Crippen LogP contribution >= 0.6 is 11.3 Å². The van der Waals surface area contributed by atoms with Gasteiger partial charge < -0.3 is 15.3 Å². The minimum atomic E-state index is -0.926. The lowest BCUT2D eigenvalue weighted by Gasteiger charge is -2.34. The molecule has 3 atom stereocenters. The zero-order valence-corrected chi connectivity index (χ0v) is 23.1. The average Bonchev–Trinajstić information content (AvgIpc) is 3.74. The second kappa shape index (κ2) is 11.6. The minimum Gasteiger partial charge on any atom is -0.481 e. The van der Waals surface area contributed by atoms with Crippen molar-refractivity contribution in [3.05, 3.63) is 96.1 Å². The summed E-state index contributed by atoms with van der Waals surface area (Å²) < 4.78 is 0. The Morgan fingerprint density at radius 2 is 1.60 bits per heavy atom. The molecule has 4 aromatic rings. The molecule has 0 aliphatic heterocycles. The third kappa shape index (κ3) is 5.65. The van der Waals surface area contributed by atoms with Gasteiger partial charge in [-0.15, -0.1) is 0 Å². The summed E-state index contributed by atoms with van der Waals surface area (Å²) in [6.07, 6.45) is 5.04. The van der Waals surface area contributed by atoms with Gasteiger partial charge in [-0.2, -0.15) is 0 Å². The Kier molecular flexibility index (Phi) is 7.64. The third-order valence-corrected chi connectivity index (χ3v) is 9.38. The molecule has 7 heteroatoms. The third-order valence-electron chi connectivity index (χ3n) is 8.24. The number of hydrogen-bond donors (Lipinski definition) is 2. The predicted molar refractivity (Wildman–Crippen MR) is 159 cm³/mol. The van der Waals surface area contributed by atoms with E-state index in [1.807, 2.05) is 36.4 Å². The van der Waals surface area contributed by atoms with Crippen LogP contribution in [0.15, 0.2) is 84.9 Å². The zero-order chi connectivity index (χ0) is 27.5. The molecule has 0 radical (unpaired) electrons. The van der Waals surface area contributed by atoms with Gasteiger partial charge in [0.05, 0.1) is 17.0 Å². The van der Waals surface area contributed by atoms with E-state index in [1.54, 1.807) is 11.3 Å².